The zero-order chi connectivity index (χ0) is 17.5. The second-order valence-corrected chi connectivity index (χ2v) is 6.28. The van der Waals surface area contributed by atoms with Crippen molar-refractivity contribution in [2.45, 2.75) is 33.2 Å². The lowest BCUT2D eigenvalue weighted by Crippen LogP contribution is -2.36. The number of carbonyl (C=O) groups excluding carboxylic acids is 1. The van der Waals surface area contributed by atoms with Crippen LogP contribution in [0.4, 0.5) is 0 Å². The van der Waals surface area contributed by atoms with Crippen molar-refractivity contribution in [2.75, 3.05) is 27.2 Å². The van der Waals surface area contributed by atoms with Crippen molar-refractivity contribution < 1.29 is 9.32 Å². The molecule has 1 amide bonds. The molecule has 130 valence electrons. The van der Waals surface area contributed by atoms with E-state index < -0.39 is 0 Å². The van der Waals surface area contributed by atoms with E-state index in [2.05, 4.69) is 15.0 Å². The van der Waals surface area contributed by atoms with Crippen LogP contribution in [0.5, 0.6) is 0 Å². The fourth-order valence-corrected chi connectivity index (χ4v) is 2.57. The first-order valence-electron chi connectivity index (χ1n) is 8.20. The molecule has 2 aromatic rings. The summed E-state index contributed by atoms with van der Waals surface area (Å²) in [5.41, 5.74) is 2.95. The Kier molecular flexibility index (Phi) is 6.49. The highest BCUT2D eigenvalue weighted by molar-refractivity contribution is 5.76. The van der Waals surface area contributed by atoms with Crippen LogP contribution in [-0.2, 0) is 17.8 Å². The number of aryl methyl sites for hydroxylation is 2. The number of rotatable bonds is 8. The van der Waals surface area contributed by atoms with Gasteiger partial charge in [-0.3, -0.25) is 9.78 Å². The molecule has 2 heterocycles. The number of hydrogen-bond donors (Lipinski definition) is 0. The molecule has 0 saturated carbocycles. The fourth-order valence-electron chi connectivity index (χ4n) is 2.57. The third-order valence-electron chi connectivity index (χ3n) is 4.04. The van der Waals surface area contributed by atoms with E-state index in [1.54, 1.807) is 6.20 Å². The summed E-state index contributed by atoms with van der Waals surface area (Å²) < 4.78 is 5.17. The van der Waals surface area contributed by atoms with Crippen LogP contribution in [-0.4, -0.2) is 53.0 Å². The molecule has 0 saturated heterocycles. The number of likely N-dealkylation sites (N-methyl/N-ethyl adjacent to an activating group) is 1. The van der Waals surface area contributed by atoms with E-state index in [9.17, 15) is 4.79 Å². The third-order valence-corrected chi connectivity index (χ3v) is 4.04. The Balaban J connectivity index is 2.00. The van der Waals surface area contributed by atoms with Crippen LogP contribution in [0, 0.1) is 13.8 Å². The van der Waals surface area contributed by atoms with E-state index in [0.29, 0.717) is 25.9 Å². The minimum Gasteiger partial charge on any atom is -0.361 e. The smallest absolute Gasteiger partial charge is 0.223 e. The molecule has 0 aliphatic heterocycles. The van der Waals surface area contributed by atoms with Gasteiger partial charge in [-0.2, -0.15) is 0 Å². The predicted molar refractivity (Wildman–Crippen MR) is 92.5 cm³/mol. The first-order valence-corrected chi connectivity index (χ1v) is 8.20. The van der Waals surface area contributed by atoms with E-state index in [-0.39, 0.29) is 5.91 Å². The molecule has 24 heavy (non-hydrogen) atoms. The van der Waals surface area contributed by atoms with Gasteiger partial charge in [-0.1, -0.05) is 11.2 Å². The molecule has 0 spiro atoms. The summed E-state index contributed by atoms with van der Waals surface area (Å²) in [7, 11) is 4.02. The fraction of sp³-hybridized carbons (Fsp3) is 0.500. The standard InChI is InChI=1S/C18H26N4O2/c1-14-17(15(2)24-20-14)7-8-18(23)22(11-10-21(3)4)13-16-6-5-9-19-12-16/h5-6,9,12H,7-8,10-11,13H2,1-4H3. The highest BCUT2D eigenvalue weighted by Crippen LogP contribution is 2.15. The zero-order valence-corrected chi connectivity index (χ0v) is 15.0. The average molecular weight is 330 g/mol. The topological polar surface area (TPSA) is 62.5 Å². The van der Waals surface area contributed by atoms with Crippen LogP contribution >= 0.6 is 0 Å². The largest absolute Gasteiger partial charge is 0.361 e. The Morgan fingerprint density at radius 1 is 1.25 bits per heavy atom. The van der Waals surface area contributed by atoms with Crippen molar-refractivity contribution in [1.82, 2.24) is 19.9 Å². The molecule has 0 aliphatic rings. The SMILES string of the molecule is Cc1noc(C)c1CCC(=O)N(CCN(C)C)Cc1cccnc1. The number of pyridine rings is 1. The van der Waals surface area contributed by atoms with Crippen LogP contribution < -0.4 is 0 Å². The molecule has 6 nitrogen and oxygen atoms in total. The van der Waals surface area contributed by atoms with Gasteiger partial charge in [-0.25, -0.2) is 0 Å². The maximum absolute atomic E-state index is 12.7. The quantitative estimate of drug-likeness (QED) is 0.742. The maximum atomic E-state index is 12.7. The lowest BCUT2D eigenvalue weighted by molar-refractivity contribution is -0.132. The van der Waals surface area contributed by atoms with Crippen LogP contribution in [0.2, 0.25) is 0 Å². The van der Waals surface area contributed by atoms with Gasteiger partial charge in [-0.15, -0.1) is 0 Å². The third kappa shape index (κ3) is 5.16. The Hall–Kier alpha value is -2.21. The molecule has 2 rings (SSSR count). The molecular formula is C18H26N4O2. The van der Waals surface area contributed by atoms with Gasteiger partial charge in [0.25, 0.3) is 0 Å². The van der Waals surface area contributed by atoms with E-state index in [0.717, 1.165) is 29.1 Å². The number of carbonyl (C=O) groups is 1. The van der Waals surface area contributed by atoms with Crippen molar-refractivity contribution in [3.05, 3.63) is 47.1 Å². The Morgan fingerprint density at radius 2 is 2.04 bits per heavy atom. The van der Waals surface area contributed by atoms with Gasteiger partial charge < -0.3 is 14.3 Å². The van der Waals surface area contributed by atoms with Crippen molar-refractivity contribution in [1.29, 1.82) is 0 Å². The van der Waals surface area contributed by atoms with Crippen molar-refractivity contribution >= 4 is 5.91 Å². The van der Waals surface area contributed by atoms with Gasteiger partial charge in [0.1, 0.15) is 5.76 Å². The molecule has 2 aromatic heterocycles. The number of hydrogen-bond acceptors (Lipinski definition) is 5. The van der Waals surface area contributed by atoms with Gasteiger partial charge in [0.05, 0.1) is 5.69 Å². The van der Waals surface area contributed by atoms with Crippen LogP contribution in [0.1, 0.15) is 29.0 Å². The summed E-state index contributed by atoms with van der Waals surface area (Å²) in [6.45, 7) is 5.91. The van der Waals surface area contributed by atoms with Gasteiger partial charge >= 0.3 is 0 Å². The van der Waals surface area contributed by atoms with Crippen molar-refractivity contribution in [3.8, 4) is 0 Å². The highest BCUT2D eigenvalue weighted by Gasteiger charge is 2.17. The normalized spacial score (nSPS) is 11.0. The number of aromatic nitrogens is 2. The van der Waals surface area contributed by atoms with E-state index >= 15 is 0 Å². The summed E-state index contributed by atoms with van der Waals surface area (Å²) in [5.74, 6) is 0.938. The number of nitrogens with zero attached hydrogens (tertiary/aromatic N) is 4. The summed E-state index contributed by atoms with van der Waals surface area (Å²) in [4.78, 5) is 20.8. The molecule has 6 heteroatoms. The monoisotopic (exact) mass is 330 g/mol. The van der Waals surface area contributed by atoms with Gasteiger partial charge in [0, 0.05) is 44.0 Å². The lowest BCUT2D eigenvalue weighted by Gasteiger charge is -2.24. The van der Waals surface area contributed by atoms with Crippen LogP contribution in [0.3, 0.4) is 0 Å². The molecular weight excluding hydrogens is 304 g/mol. The first-order chi connectivity index (χ1) is 11.5. The average Bonchev–Trinajstić information content (AvgIpc) is 2.88. The molecule has 0 radical (unpaired) electrons. The van der Waals surface area contributed by atoms with E-state index in [1.807, 2.05) is 51.2 Å². The summed E-state index contributed by atoms with van der Waals surface area (Å²) >= 11 is 0. The van der Waals surface area contributed by atoms with Gasteiger partial charge in [0.2, 0.25) is 5.91 Å². The first kappa shape index (κ1) is 18.1. The van der Waals surface area contributed by atoms with Crippen LogP contribution in [0.15, 0.2) is 29.0 Å². The zero-order valence-electron chi connectivity index (χ0n) is 15.0. The molecule has 0 aromatic carbocycles. The van der Waals surface area contributed by atoms with Crippen LogP contribution in [0.25, 0.3) is 0 Å². The van der Waals surface area contributed by atoms with Crippen molar-refractivity contribution in [3.63, 3.8) is 0 Å². The van der Waals surface area contributed by atoms with Crippen molar-refractivity contribution in [2.24, 2.45) is 0 Å². The van der Waals surface area contributed by atoms with Gasteiger partial charge in [0.15, 0.2) is 0 Å². The lowest BCUT2D eigenvalue weighted by atomic mass is 10.1. The number of amides is 1. The summed E-state index contributed by atoms with van der Waals surface area (Å²) in [6, 6.07) is 3.89. The molecule has 0 N–H and O–H groups in total. The van der Waals surface area contributed by atoms with Gasteiger partial charge in [-0.05, 0) is 46.0 Å². The molecule has 0 fully saturated rings. The second kappa shape index (κ2) is 8.59. The highest BCUT2D eigenvalue weighted by atomic mass is 16.5. The summed E-state index contributed by atoms with van der Waals surface area (Å²) in [6.07, 6.45) is 4.67. The predicted octanol–water partition coefficient (Wildman–Crippen LogP) is 2.21. The minimum absolute atomic E-state index is 0.140. The summed E-state index contributed by atoms with van der Waals surface area (Å²) in [5, 5.41) is 3.95. The molecule has 0 bridgehead atoms. The second-order valence-electron chi connectivity index (χ2n) is 6.28. The molecule has 0 aliphatic carbocycles. The maximum Gasteiger partial charge on any atom is 0.223 e. The van der Waals surface area contributed by atoms with E-state index in [4.69, 9.17) is 4.52 Å². The Morgan fingerprint density at radius 3 is 2.62 bits per heavy atom. The van der Waals surface area contributed by atoms with E-state index in [1.165, 1.54) is 0 Å². The Labute approximate surface area is 143 Å². The Bertz CT molecular complexity index is 633. The molecule has 0 atom stereocenters. The molecule has 0 unspecified atom stereocenters. The minimum atomic E-state index is 0.140.